The lowest BCUT2D eigenvalue weighted by Crippen LogP contribution is -2.32. The third-order valence-corrected chi connectivity index (χ3v) is 6.81. The van der Waals surface area contributed by atoms with Gasteiger partial charge in [-0.1, -0.05) is 53.8 Å². The number of hydrogen-bond acceptors (Lipinski definition) is 8. The van der Waals surface area contributed by atoms with Crippen LogP contribution in [0.1, 0.15) is 25.8 Å². The highest BCUT2D eigenvalue weighted by Gasteiger charge is 2.53. The Morgan fingerprint density at radius 1 is 1.00 bits per heavy atom. The van der Waals surface area contributed by atoms with Gasteiger partial charge in [-0.15, -0.1) is 5.10 Å². The fraction of sp³-hybridized carbons (Fsp3) is 0.321. The van der Waals surface area contributed by atoms with Crippen LogP contribution in [0.5, 0.6) is 0 Å². The lowest BCUT2D eigenvalue weighted by Gasteiger charge is -2.24. The summed E-state index contributed by atoms with van der Waals surface area (Å²) in [6.07, 6.45) is 8.86. The van der Waals surface area contributed by atoms with Gasteiger partial charge in [0.05, 0.1) is 11.5 Å². The van der Waals surface area contributed by atoms with Crippen molar-refractivity contribution in [3.05, 3.63) is 89.2 Å². The number of aryl methyl sites for hydroxylation is 1. The molecule has 188 valence electrons. The third kappa shape index (κ3) is 4.81. The zero-order chi connectivity index (χ0) is 25.4. The van der Waals surface area contributed by atoms with E-state index in [0.29, 0.717) is 23.9 Å². The maximum Gasteiger partial charge on any atom is 0.277 e. The van der Waals surface area contributed by atoms with E-state index in [0.717, 1.165) is 16.7 Å². The molecule has 9 heteroatoms. The van der Waals surface area contributed by atoms with Crippen molar-refractivity contribution in [1.29, 1.82) is 0 Å². The zero-order valence-electron chi connectivity index (χ0n) is 20.6. The minimum atomic E-state index is -0.723. The molecule has 2 fully saturated rings. The first-order valence-electron chi connectivity index (χ1n) is 12.3. The maximum absolute atomic E-state index is 12.9. The molecule has 9 nitrogen and oxygen atoms in total. The van der Waals surface area contributed by atoms with E-state index < -0.39 is 12.1 Å². The van der Waals surface area contributed by atoms with Crippen LogP contribution in [0.15, 0.2) is 78.1 Å². The van der Waals surface area contributed by atoms with Crippen molar-refractivity contribution in [2.45, 2.75) is 51.1 Å². The SMILES string of the molecule is CC1(C)O[C@@H]2O[C@@H](C=Cc3ccc(-c4cncnc4)cc3)[C@H](CCn3nnc4ccccc4c3=O)[C@@H]2O1. The van der Waals surface area contributed by atoms with Crippen LogP contribution < -0.4 is 5.56 Å². The molecule has 0 bridgehead atoms. The second-order valence-corrected chi connectivity index (χ2v) is 9.76. The van der Waals surface area contributed by atoms with Crippen molar-refractivity contribution in [2.75, 3.05) is 0 Å². The van der Waals surface area contributed by atoms with E-state index in [1.807, 2.05) is 62.4 Å². The largest absolute Gasteiger partial charge is 0.342 e. The molecule has 2 aliphatic rings. The highest BCUT2D eigenvalue weighted by molar-refractivity contribution is 5.76. The number of nitrogens with zero attached hydrogens (tertiary/aromatic N) is 5. The van der Waals surface area contributed by atoms with E-state index in [2.05, 4.69) is 20.3 Å². The van der Waals surface area contributed by atoms with Gasteiger partial charge >= 0.3 is 0 Å². The van der Waals surface area contributed by atoms with E-state index in [1.54, 1.807) is 24.5 Å². The smallest absolute Gasteiger partial charge is 0.277 e. The molecule has 0 spiro atoms. The lowest BCUT2D eigenvalue weighted by atomic mass is 9.93. The Labute approximate surface area is 213 Å². The molecule has 2 aliphatic heterocycles. The highest BCUT2D eigenvalue weighted by Crippen LogP contribution is 2.42. The second kappa shape index (κ2) is 9.59. The highest BCUT2D eigenvalue weighted by atomic mass is 16.8. The first-order chi connectivity index (χ1) is 18.0. The fourth-order valence-electron chi connectivity index (χ4n) is 4.99. The molecule has 0 unspecified atom stereocenters. The minimum absolute atomic E-state index is 0.0241. The van der Waals surface area contributed by atoms with Gasteiger partial charge in [0.2, 0.25) is 0 Å². The maximum atomic E-state index is 12.9. The standard InChI is InChI=1S/C28H27N5O4/c1-28(2)36-25-22(13-14-33-26(34)21-5-3-4-6-23(21)31-32-33)24(35-27(25)37-28)12-9-18-7-10-19(11-8-18)20-15-29-17-30-16-20/h3-12,15-17,22,24-25,27H,13-14H2,1-2H3/t22-,24-,25-,27-/m0/s1. The second-order valence-electron chi connectivity index (χ2n) is 9.76. The van der Waals surface area contributed by atoms with Crippen molar-refractivity contribution in [3.63, 3.8) is 0 Å². The summed E-state index contributed by atoms with van der Waals surface area (Å²) in [7, 11) is 0. The molecule has 2 aromatic carbocycles. The van der Waals surface area contributed by atoms with Crippen molar-refractivity contribution < 1.29 is 14.2 Å². The quantitative estimate of drug-likeness (QED) is 0.396. The third-order valence-electron chi connectivity index (χ3n) is 6.81. The van der Waals surface area contributed by atoms with Gasteiger partial charge in [0.15, 0.2) is 12.1 Å². The van der Waals surface area contributed by atoms with E-state index in [4.69, 9.17) is 14.2 Å². The van der Waals surface area contributed by atoms with Crippen molar-refractivity contribution >= 4 is 17.0 Å². The van der Waals surface area contributed by atoms with Crippen LogP contribution in [0.2, 0.25) is 0 Å². The summed E-state index contributed by atoms with van der Waals surface area (Å²) in [6.45, 7) is 4.17. The van der Waals surface area contributed by atoms with E-state index in [-0.39, 0.29) is 23.7 Å². The Morgan fingerprint density at radius 3 is 2.59 bits per heavy atom. The molecule has 0 aliphatic carbocycles. The Kier molecular flexibility index (Phi) is 6.11. The molecule has 2 aromatic heterocycles. The van der Waals surface area contributed by atoms with Crippen molar-refractivity contribution in [2.24, 2.45) is 5.92 Å². The molecule has 4 aromatic rings. The van der Waals surface area contributed by atoms with Gasteiger partial charge in [0.1, 0.15) is 17.9 Å². The van der Waals surface area contributed by atoms with Crippen molar-refractivity contribution in [3.8, 4) is 11.1 Å². The molecule has 0 amide bonds. The molecule has 37 heavy (non-hydrogen) atoms. The molecule has 2 saturated heterocycles. The molecule has 4 heterocycles. The first-order valence-corrected chi connectivity index (χ1v) is 12.3. The molecule has 0 saturated carbocycles. The summed E-state index contributed by atoms with van der Waals surface area (Å²) < 4.78 is 19.9. The van der Waals surface area contributed by atoms with Gasteiger partial charge in [0.25, 0.3) is 5.56 Å². The summed E-state index contributed by atoms with van der Waals surface area (Å²) >= 11 is 0. The predicted octanol–water partition coefficient (Wildman–Crippen LogP) is 3.84. The molecule has 0 radical (unpaired) electrons. The number of ether oxygens (including phenoxy) is 3. The number of benzene rings is 2. The monoisotopic (exact) mass is 497 g/mol. The van der Waals surface area contributed by atoms with Crippen LogP contribution in [0.4, 0.5) is 0 Å². The topological polar surface area (TPSA) is 101 Å². The Hall–Kier alpha value is -3.79. The average molecular weight is 498 g/mol. The lowest BCUT2D eigenvalue weighted by molar-refractivity contribution is -0.205. The van der Waals surface area contributed by atoms with Gasteiger partial charge in [-0.3, -0.25) is 4.79 Å². The molecular weight excluding hydrogens is 470 g/mol. The number of aromatic nitrogens is 5. The van der Waals surface area contributed by atoms with Crippen LogP contribution in [-0.2, 0) is 20.8 Å². The summed E-state index contributed by atoms with van der Waals surface area (Å²) in [5, 5.41) is 8.91. The summed E-state index contributed by atoms with van der Waals surface area (Å²) in [6, 6.07) is 15.4. The molecule has 4 atom stereocenters. The molecule has 6 rings (SSSR count). The number of fused-ring (bicyclic) bond motifs is 2. The summed E-state index contributed by atoms with van der Waals surface area (Å²) in [5.41, 5.74) is 3.50. The van der Waals surface area contributed by atoms with Gasteiger partial charge in [-0.05, 0) is 43.5 Å². The van der Waals surface area contributed by atoms with E-state index >= 15 is 0 Å². The number of rotatable bonds is 6. The Balaban J connectivity index is 1.21. The number of hydrogen-bond donors (Lipinski definition) is 0. The zero-order valence-corrected chi connectivity index (χ0v) is 20.6. The van der Waals surface area contributed by atoms with Crippen molar-refractivity contribution in [1.82, 2.24) is 25.0 Å². The van der Waals surface area contributed by atoms with E-state index in [9.17, 15) is 4.79 Å². The van der Waals surface area contributed by atoms with Crippen LogP contribution in [0.25, 0.3) is 28.1 Å². The van der Waals surface area contributed by atoms with Gasteiger partial charge in [-0.25, -0.2) is 14.6 Å². The van der Waals surface area contributed by atoms with Crippen LogP contribution in [-0.4, -0.2) is 49.2 Å². The van der Waals surface area contributed by atoms with Crippen LogP contribution >= 0.6 is 0 Å². The first kappa shape index (κ1) is 23.6. The normalized spacial score (nSPS) is 24.6. The average Bonchev–Trinajstić information content (AvgIpc) is 3.39. The Morgan fingerprint density at radius 2 is 1.78 bits per heavy atom. The summed E-state index contributed by atoms with van der Waals surface area (Å²) in [5.74, 6) is -0.748. The van der Waals surface area contributed by atoms with Gasteiger partial charge in [0, 0.05) is 30.4 Å². The van der Waals surface area contributed by atoms with E-state index in [1.165, 1.54) is 11.0 Å². The van der Waals surface area contributed by atoms with Crippen LogP contribution in [0.3, 0.4) is 0 Å². The predicted molar refractivity (Wildman–Crippen MR) is 137 cm³/mol. The Bertz CT molecular complexity index is 1490. The summed E-state index contributed by atoms with van der Waals surface area (Å²) in [4.78, 5) is 21.1. The molecular formula is C28H27N5O4. The van der Waals surface area contributed by atoms with Gasteiger partial charge < -0.3 is 14.2 Å². The van der Waals surface area contributed by atoms with Gasteiger partial charge in [-0.2, -0.15) is 0 Å². The molecule has 0 N–H and O–H groups in total. The minimum Gasteiger partial charge on any atom is -0.342 e. The fourth-order valence-corrected chi connectivity index (χ4v) is 4.99. The van der Waals surface area contributed by atoms with Crippen LogP contribution in [0, 0.1) is 5.92 Å².